The molecule has 16 heavy (non-hydrogen) atoms. The van der Waals surface area contributed by atoms with Gasteiger partial charge in [-0.2, -0.15) is 0 Å². The van der Waals surface area contributed by atoms with Crippen LogP contribution >= 0.6 is 12.6 Å². The zero-order valence-electron chi connectivity index (χ0n) is 8.38. The average Bonchev–Trinajstić information content (AvgIpc) is 2.61. The molecule has 0 saturated carbocycles. The van der Waals surface area contributed by atoms with Gasteiger partial charge in [-0.3, -0.25) is 5.01 Å². The van der Waals surface area contributed by atoms with Crippen molar-refractivity contribution < 1.29 is 14.6 Å². The fraction of sp³-hybridized carbons (Fsp3) is 0.250. The summed E-state index contributed by atoms with van der Waals surface area (Å²) in [7, 11) is 1.55. The first kappa shape index (κ1) is 10.9. The van der Waals surface area contributed by atoms with Crippen molar-refractivity contribution in [1.29, 1.82) is 0 Å². The van der Waals surface area contributed by atoms with Gasteiger partial charge >= 0.3 is 5.97 Å². The number of hydrogen-bond donors (Lipinski definition) is 2. The molecule has 0 aromatic carbocycles. The topological polar surface area (TPSA) is 77.4 Å². The minimum atomic E-state index is -1.10. The Morgan fingerprint density at radius 3 is 3.12 bits per heavy atom. The maximum absolute atomic E-state index is 10.8. The number of rotatable bonds is 3. The molecule has 7 nitrogen and oxygen atoms in total. The van der Waals surface area contributed by atoms with Crippen LogP contribution in [0.4, 0.5) is 0 Å². The molecule has 0 saturated heterocycles. The summed E-state index contributed by atoms with van der Waals surface area (Å²) in [6.07, 6.45) is 2.93. The van der Waals surface area contributed by atoms with Crippen LogP contribution in [0.5, 0.6) is 0 Å². The molecule has 85 valence electrons. The number of nitrogens with zero attached hydrogens (tertiary/aromatic N) is 3. The second-order valence-corrected chi connectivity index (χ2v) is 3.51. The summed E-state index contributed by atoms with van der Waals surface area (Å²) in [5.41, 5.74) is 2.80. The van der Waals surface area contributed by atoms with Crippen molar-refractivity contribution in [2.75, 3.05) is 13.8 Å². The lowest BCUT2D eigenvalue weighted by Gasteiger charge is -2.23. The highest BCUT2D eigenvalue weighted by Crippen LogP contribution is 2.24. The Kier molecular flexibility index (Phi) is 2.77. The fourth-order valence-electron chi connectivity index (χ4n) is 1.30. The molecule has 8 heteroatoms. The molecule has 0 aromatic rings. The number of aliphatic imine (C=N–C) groups is 1. The molecule has 0 bridgehead atoms. The summed E-state index contributed by atoms with van der Waals surface area (Å²) in [6.45, 7) is 0.306. The predicted octanol–water partition coefficient (Wildman–Crippen LogP) is 0.00450. The molecule has 0 aliphatic carbocycles. The summed E-state index contributed by atoms with van der Waals surface area (Å²) in [5, 5.41) is 12.3. The second-order valence-electron chi connectivity index (χ2n) is 3.10. The number of fused-ring (bicyclic) bond motifs is 1. The Morgan fingerprint density at radius 1 is 1.75 bits per heavy atom. The maximum Gasteiger partial charge on any atom is 0.354 e. The molecule has 2 rings (SSSR count). The molecular weight excluding hydrogens is 232 g/mol. The van der Waals surface area contributed by atoms with Gasteiger partial charge in [0, 0.05) is 13.2 Å². The van der Waals surface area contributed by atoms with Crippen LogP contribution in [0.2, 0.25) is 0 Å². The summed E-state index contributed by atoms with van der Waals surface area (Å²) in [6, 6.07) is 0. The quantitative estimate of drug-likeness (QED) is 0.724. The smallest absolute Gasteiger partial charge is 0.354 e. The number of nitrogens with one attached hydrogen (secondary N) is 1. The molecule has 2 heterocycles. The summed E-state index contributed by atoms with van der Waals surface area (Å²) in [4.78, 5) is 14.7. The van der Waals surface area contributed by atoms with Gasteiger partial charge in [-0.05, 0) is 0 Å². The van der Waals surface area contributed by atoms with Crippen molar-refractivity contribution in [3.63, 3.8) is 0 Å². The molecule has 0 aromatic heterocycles. The van der Waals surface area contributed by atoms with Crippen LogP contribution in [0.1, 0.15) is 0 Å². The van der Waals surface area contributed by atoms with Gasteiger partial charge in [-0.25, -0.2) is 14.8 Å². The van der Waals surface area contributed by atoms with Crippen molar-refractivity contribution in [2.45, 2.75) is 0 Å². The van der Waals surface area contributed by atoms with Crippen molar-refractivity contribution in [1.82, 2.24) is 15.6 Å². The normalized spacial score (nSPS) is 18.9. The van der Waals surface area contributed by atoms with Gasteiger partial charge in [0.1, 0.15) is 11.8 Å². The molecule has 2 aliphatic heterocycles. The molecule has 0 unspecified atom stereocenters. The average molecular weight is 241 g/mol. The second kappa shape index (κ2) is 4.08. The number of hydrazine groups is 2. The molecule has 2 N–H and O–H groups in total. The molecule has 0 amide bonds. The standard InChI is InChI=1S/C8H9N4O3S/c1-15-4-11-3-6-9-5(8(13)14)2-7(16)12(6)10-11/h2-3,10H,4H2,1H3,(H,13,14). The van der Waals surface area contributed by atoms with Crippen LogP contribution in [0.15, 0.2) is 28.1 Å². The zero-order chi connectivity index (χ0) is 11.7. The van der Waals surface area contributed by atoms with E-state index in [4.69, 9.17) is 22.5 Å². The Balaban J connectivity index is 2.25. The lowest BCUT2D eigenvalue weighted by Crippen LogP contribution is -2.41. The van der Waals surface area contributed by atoms with Gasteiger partial charge in [-0.15, -0.1) is 5.53 Å². The Bertz CT molecular complexity index is 418. The molecular formula is C8H9N4O3S. The molecule has 0 spiro atoms. The first-order valence-electron chi connectivity index (χ1n) is 4.36. The van der Waals surface area contributed by atoms with E-state index in [2.05, 4.69) is 10.5 Å². The first-order valence-corrected chi connectivity index (χ1v) is 4.77. The zero-order valence-corrected chi connectivity index (χ0v) is 9.19. The number of aliphatic carboxylic acids is 1. The monoisotopic (exact) mass is 241 g/mol. The number of hydrogen-bond acceptors (Lipinski definition) is 6. The molecule has 2 aliphatic rings. The first-order chi connectivity index (χ1) is 7.61. The molecule has 1 radical (unpaired) electrons. The van der Waals surface area contributed by atoms with E-state index >= 15 is 0 Å². The number of carboxylic acids is 1. The van der Waals surface area contributed by atoms with Crippen LogP contribution < -0.4 is 5.53 Å². The highest BCUT2D eigenvalue weighted by molar-refractivity contribution is 7.84. The van der Waals surface area contributed by atoms with E-state index in [1.54, 1.807) is 18.3 Å². The van der Waals surface area contributed by atoms with E-state index in [1.807, 2.05) is 0 Å². The van der Waals surface area contributed by atoms with Crippen LogP contribution in [0, 0.1) is 0 Å². The van der Waals surface area contributed by atoms with Crippen molar-refractivity contribution in [3.8, 4) is 0 Å². The van der Waals surface area contributed by atoms with E-state index in [0.29, 0.717) is 17.6 Å². The SMILES string of the molecule is COCN1C=C2N=C(C(=O)O)C=C([S])N2N1. The third-order valence-electron chi connectivity index (χ3n) is 1.93. The molecule has 0 fully saturated rings. The van der Waals surface area contributed by atoms with E-state index in [-0.39, 0.29) is 5.71 Å². The Labute approximate surface area is 97.0 Å². The van der Waals surface area contributed by atoms with Gasteiger partial charge < -0.3 is 9.84 Å². The highest BCUT2D eigenvalue weighted by atomic mass is 32.1. The predicted molar refractivity (Wildman–Crippen MR) is 57.5 cm³/mol. The largest absolute Gasteiger partial charge is 0.477 e. The number of ether oxygens (including phenoxy) is 1. The van der Waals surface area contributed by atoms with E-state index in [9.17, 15) is 4.79 Å². The minimum absolute atomic E-state index is 0.0754. The van der Waals surface area contributed by atoms with Gasteiger partial charge in [0.25, 0.3) is 0 Å². The van der Waals surface area contributed by atoms with Crippen molar-refractivity contribution in [2.24, 2.45) is 4.99 Å². The van der Waals surface area contributed by atoms with E-state index < -0.39 is 5.97 Å². The van der Waals surface area contributed by atoms with Crippen molar-refractivity contribution >= 4 is 24.3 Å². The Morgan fingerprint density at radius 2 is 2.50 bits per heavy atom. The lowest BCUT2D eigenvalue weighted by atomic mass is 10.3. The third kappa shape index (κ3) is 1.85. The third-order valence-corrected chi connectivity index (χ3v) is 2.23. The number of carboxylic acid groups (broad SMARTS) is 1. The summed E-state index contributed by atoms with van der Waals surface area (Å²) < 4.78 is 4.92. The van der Waals surface area contributed by atoms with Crippen molar-refractivity contribution in [3.05, 3.63) is 23.1 Å². The molecule has 0 atom stereocenters. The van der Waals surface area contributed by atoms with Crippen LogP contribution in [-0.2, 0) is 9.53 Å². The van der Waals surface area contributed by atoms with Crippen LogP contribution in [0.3, 0.4) is 0 Å². The van der Waals surface area contributed by atoms with Gasteiger partial charge in [0.15, 0.2) is 11.5 Å². The van der Waals surface area contributed by atoms with Crippen LogP contribution in [-0.4, -0.2) is 40.6 Å². The minimum Gasteiger partial charge on any atom is -0.477 e. The fourth-order valence-corrected chi connectivity index (χ4v) is 1.54. The van der Waals surface area contributed by atoms with Gasteiger partial charge in [-0.1, -0.05) is 12.6 Å². The lowest BCUT2D eigenvalue weighted by molar-refractivity contribution is -0.129. The van der Waals surface area contributed by atoms with E-state index in [1.165, 1.54) is 11.1 Å². The van der Waals surface area contributed by atoms with Gasteiger partial charge in [0.05, 0.1) is 6.20 Å². The summed E-state index contributed by atoms with van der Waals surface area (Å²) >= 11 is 5.03. The summed E-state index contributed by atoms with van der Waals surface area (Å²) in [5.74, 6) is -0.671. The highest BCUT2D eigenvalue weighted by Gasteiger charge is 2.28. The Hall–Kier alpha value is -1.64. The van der Waals surface area contributed by atoms with Crippen LogP contribution in [0.25, 0.3) is 0 Å². The number of methoxy groups -OCH3 is 1. The van der Waals surface area contributed by atoms with Gasteiger partial charge in [0.2, 0.25) is 0 Å². The van der Waals surface area contributed by atoms with E-state index in [0.717, 1.165) is 0 Å². The maximum atomic E-state index is 10.8. The number of carbonyl (C=O) groups is 1.